The number of benzene rings is 1. The Morgan fingerprint density at radius 3 is 2.53 bits per heavy atom. The SMILES string of the molecule is Cc1c(-c2cc(Sc3ccccc3C#N)c3c(C#N)cnn3c2)cnn1[C@@H](C)CN(C)C. The molecule has 0 aliphatic rings. The van der Waals surface area contributed by atoms with Crippen LogP contribution in [-0.2, 0) is 0 Å². The molecule has 7 nitrogen and oxygen atoms in total. The lowest BCUT2D eigenvalue weighted by molar-refractivity contribution is 0.319. The fourth-order valence-corrected chi connectivity index (χ4v) is 5.01. The molecule has 0 saturated heterocycles. The smallest absolute Gasteiger partial charge is 0.103 e. The van der Waals surface area contributed by atoms with Crippen molar-refractivity contribution in [2.75, 3.05) is 20.6 Å². The summed E-state index contributed by atoms with van der Waals surface area (Å²) in [7, 11) is 4.11. The molecule has 0 spiro atoms. The van der Waals surface area contributed by atoms with Crippen LogP contribution in [0.2, 0.25) is 0 Å². The maximum atomic E-state index is 9.60. The third kappa shape index (κ3) is 3.99. The van der Waals surface area contributed by atoms with Crippen molar-refractivity contribution < 1.29 is 0 Å². The highest BCUT2D eigenvalue weighted by molar-refractivity contribution is 7.99. The van der Waals surface area contributed by atoms with Crippen LogP contribution in [0, 0.1) is 29.6 Å². The van der Waals surface area contributed by atoms with Crippen LogP contribution in [0.25, 0.3) is 16.6 Å². The van der Waals surface area contributed by atoms with Crippen molar-refractivity contribution in [3.63, 3.8) is 0 Å². The zero-order chi connectivity index (χ0) is 22.8. The zero-order valence-corrected chi connectivity index (χ0v) is 19.3. The van der Waals surface area contributed by atoms with Gasteiger partial charge in [0.05, 0.1) is 35.1 Å². The predicted molar refractivity (Wildman–Crippen MR) is 124 cm³/mol. The van der Waals surface area contributed by atoms with Gasteiger partial charge in [0, 0.05) is 39.4 Å². The number of aromatic nitrogens is 4. The van der Waals surface area contributed by atoms with Crippen molar-refractivity contribution in [3.8, 4) is 23.3 Å². The molecule has 0 fully saturated rings. The molecule has 0 saturated carbocycles. The third-order valence-corrected chi connectivity index (χ3v) is 6.43. The minimum atomic E-state index is 0.230. The Labute approximate surface area is 191 Å². The first-order valence-electron chi connectivity index (χ1n) is 10.2. The van der Waals surface area contributed by atoms with Crippen LogP contribution in [0.3, 0.4) is 0 Å². The van der Waals surface area contributed by atoms with Crippen LogP contribution in [0.4, 0.5) is 0 Å². The first-order chi connectivity index (χ1) is 15.4. The molecule has 4 rings (SSSR count). The van der Waals surface area contributed by atoms with Crippen LogP contribution in [0.15, 0.2) is 58.7 Å². The number of fused-ring (bicyclic) bond motifs is 1. The lowest BCUT2D eigenvalue weighted by atomic mass is 10.1. The van der Waals surface area contributed by atoms with Crippen molar-refractivity contribution >= 4 is 17.3 Å². The highest BCUT2D eigenvalue weighted by Crippen LogP contribution is 2.37. The van der Waals surface area contributed by atoms with Crippen LogP contribution in [0.1, 0.15) is 29.8 Å². The summed E-state index contributed by atoms with van der Waals surface area (Å²) in [4.78, 5) is 3.85. The summed E-state index contributed by atoms with van der Waals surface area (Å²) in [6, 6.07) is 14.2. The Kier molecular flexibility index (Phi) is 6.00. The Morgan fingerprint density at radius 1 is 1.06 bits per heavy atom. The first kappa shape index (κ1) is 21.6. The average molecular weight is 442 g/mol. The van der Waals surface area contributed by atoms with Gasteiger partial charge >= 0.3 is 0 Å². The molecule has 8 heteroatoms. The normalized spacial score (nSPS) is 12.1. The predicted octanol–water partition coefficient (Wildman–Crippen LogP) is 4.52. The van der Waals surface area contributed by atoms with Crippen molar-refractivity contribution in [1.82, 2.24) is 24.3 Å². The van der Waals surface area contributed by atoms with Gasteiger partial charge in [-0.1, -0.05) is 23.9 Å². The Hall–Kier alpha value is -3.59. The molecule has 0 unspecified atom stereocenters. The molecule has 160 valence electrons. The quantitative estimate of drug-likeness (QED) is 0.437. The molecular weight excluding hydrogens is 418 g/mol. The van der Waals surface area contributed by atoms with E-state index in [1.54, 1.807) is 16.8 Å². The van der Waals surface area contributed by atoms with Crippen LogP contribution in [0.5, 0.6) is 0 Å². The van der Waals surface area contributed by atoms with Crippen LogP contribution in [-0.4, -0.2) is 44.9 Å². The van der Waals surface area contributed by atoms with Gasteiger partial charge in [-0.25, -0.2) is 4.52 Å². The zero-order valence-electron chi connectivity index (χ0n) is 18.4. The van der Waals surface area contributed by atoms with E-state index in [0.717, 1.165) is 38.7 Å². The van der Waals surface area contributed by atoms with E-state index >= 15 is 0 Å². The van der Waals surface area contributed by atoms with Gasteiger partial charge in [-0.3, -0.25) is 4.68 Å². The van der Waals surface area contributed by atoms with E-state index in [1.165, 1.54) is 11.8 Å². The Balaban J connectivity index is 1.84. The molecule has 32 heavy (non-hydrogen) atoms. The fraction of sp³-hybridized carbons (Fsp3) is 0.250. The standard InChI is InChI=1S/C24H23N7S/c1-16(14-29(3)4)31-17(2)21(13-28-31)19-9-23(24-20(11-26)12-27-30(24)15-19)32-22-8-6-5-7-18(22)10-25/h5-9,12-13,15-16H,14H2,1-4H3/t16-/m0/s1. The molecule has 0 bridgehead atoms. The van der Waals surface area contributed by atoms with Gasteiger partial charge < -0.3 is 4.90 Å². The number of hydrogen-bond donors (Lipinski definition) is 0. The summed E-state index contributed by atoms with van der Waals surface area (Å²) in [6.45, 7) is 5.11. The largest absolute Gasteiger partial charge is 0.307 e. The van der Waals surface area contributed by atoms with E-state index < -0.39 is 0 Å². The summed E-state index contributed by atoms with van der Waals surface area (Å²) in [5.74, 6) is 0. The first-order valence-corrected chi connectivity index (χ1v) is 11.0. The van der Waals surface area contributed by atoms with E-state index in [9.17, 15) is 10.5 Å². The molecule has 0 N–H and O–H groups in total. The molecule has 3 aromatic heterocycles. The molecule has 1 aromatic carbocycles. The van der Waals surface area contributed by atoms with Crippen LogP contribution < -0.4 is 0 Å². The van der Waals surface area contributed by atoms with Gasteiger partial charge in [0.15, 0.2) is 0 Å². The number of pyridine rings is 1. The Morgan fingerprint density at radius 2 is 1.81 bits per heavy atom. The van der Waals surface area contributed by atoms with Gasteiger partial charge in [0.2, 0.25) is 0 Å². The van der Waals surface area contributed by atoms with E-state index in [4.69, 9.17) is 0 Å². The van der Waals surface area contributed by atoms with E-state index in [0.29, 0.717) is 11.1 Å². The molecule has 1 atom stereocenters. The number of nitrogens with zero attached hydrogens (tertiary/aromatic N) is 7. The highest BCUT2D eigenvalue weighted by atomic mass is 32.2. The summed E-state index contributed by atoms with van der Waals surface area (Å²) in [5.41, 5.74) is 4.88. The molecule has 0 aliphatic carbocycles. The second-order valence-electron chi connectivity index (χ2n) is 7.97. The molecule has 4 aromatic rings. The van der Waals surface area contributed by atoms with Crippen LogP contribution >= 0.6 is 11.8 Å². The van der Waals surface area contributed by atoms with Crippen molar-refractivity contribution in [3.05, 3.63) is 65.7 Å². The minimum Gasteiger partial charge on any atom is -0.307 e. The lowest BCUT2D eigenvalue weighted by Gasteiger charge is -2.19. The number of nitriles is 2. The summed E-state index contributed by atoms with van der Waals surface area (Å²) in [5, 5.41) is 28.2. The van der Waals surface area contributed by atoms with Gasteiger partial charge in [-0.05, 0) is 46.1 Å². The third-order valence-electron chi connectivity index (χ3n) is 5.33. The topological polar surface area (TPSA) is 85.9 Å². The number of likely N-dealkylation sites (N-methyl/N-ethyl adjacent to an activating group) is 1. The van der Waals surface area contributed by atoms with Gasteiger partial charge in [-0.15, -0.1) is 0 Å². The van der Waals surface area contributed by atoms with Gasteiger partial charge in [0.25, 0.3) is 0 Å². The van der Waals surface area contributed by atoms with Crippen molar-refractivity contribution in [2.24, 2.45) is 0 Å². The average Bonchev–Trinajstić information content (AvgIpc) is 3.37. The van der Waals surface area contributed by atoms with Gasteiger partial charge in [-0.2, -0.15) is 20.7 Å². The fourth-order valence-electron chi connectivity index (χ4n) is 3.91. The molecular formula is C24H23N7S. The lowest BCUT2D eigenvalue weighted by Crippen LogP contribution is -2.23. The minimum absolute atomic E-state index is 0.230. The maximum absolute atomic E-state index is 9.60. The second kappa shape index (κ2) is 8.88. The Bertz CT molecular complexity index is 1370. The summed E-state index contributed by atoms with van der Waals surface area (Å²) in [6.07, 6.45) is 5.39. The molecule has 0 amide bonds. The van der Waals surface area contributed by atoms with Crippen molar-refractivity contribution in [1.29, 1.82) is 10.5 Å². The number of rotatable bonds is 6. The van der Waals surface area contributed by atoms with E-state index in [1.807, 2.05) is 35.3 Å². The second-order valence-corrected chi connectivity index (χ2v) is 9.05. The van der Waals surface area contributed by atoms with Gasteiger partial charge in [0.1, 0.15) is 12.1 Å². The van der Waals surface area contributed by atoms with E-state index in [-0.39, 0.29) is 6.04 Å². The molecule has 3 heterocycles. The maximum Gasteiger partial charge on any atom is 0.103 e. The molecule has 0 radical (unpaired) electrons. The van der Waals surface area contributed by atoms with Crippen molar-refractivity contribution in [2.45, 2.75) is 29.7 Å². The monoisotopic (exact) mass is 441 g/mol. The summed E-state index contributed by atoms with van der Waals surface area (Å²) >= 11 is 1.47. The molecule has 0 aliphatic heterocycles. The van der Waals surface area contributed by atoms with E-state index in [2.05, 4.69) is 61.2 Å². The summed E-state index contributed by atoms with van der Waals surface area (Å²) < 4.78 is 3.78. The number of hydrogen-bond acceptors (Lipinski definition) is 6. The highest BCUT2D eigenvalue weighted by Gasteiger charge is 2.18.